The Hall–Kier alpha value is -1.55. The molecule has 0 amide bonds. The monoisotopic (exact) mass is 245 g/mol. The van der Waals surface area contributed by atoms with Gasteiger partial charge in [-0.15, -0.1) is 0 Å². The summed E-state index contributed by atoms with van der Waals surface area (Å²) in [4.78, 5) is 6.89. The van der Waals surface area contributed by atoms with Crippen molar-refractivity contribution < 1.29 is 4.74 Å². The van der Waals surface area contributed by atoms with Crippen molar-refractivity contribution in [3.63, 3.8) is 0 Å². The fraction of sp³-hybridized carbons (Fsp3) is 0.500. The molecule has 2 aliphatic heterocycles. The molecule has 1 saturated heterocycles. The Bertz CT molecular complexity index is 435. The van der Waals surface area contributed by atoms with E-state index in [9.17, 15) is 0 Å². The van der Waals surface area contributed by atoms with Crippen LogP contribution in [0.15, 0.2) is 29.3 Å². The van der Waals surface area contributed by atoms with E-state index in [2.05, 4.69) is 46.4 Å². The number of hydrogen-bond acceptors (Lipinski definition) is 4. The first-order valence-electron chi connectivity index (χ1n) is 6.53. The van der Waals surface area contributed by atoms with Crippen molar-refractivity contribution in [3.8, 4) is 0 Å². The molecular formula is C14H19N3O. The van der Waals surface area contributed by atoms with E-state index in [4.69, 9.17) is 4.74 Å². The summed E-state index contributed by atoms with van der Waals surface area (Å²) in [5.74, 6) is 1.03. The van der Waals surface area contributed by atoms with E-state index in [-0.39, 0.29) is 0 Å². The van der Waals surface area contributed by atoms with Crippen LogP contribution in [0.2, 0.25) is 0 Å². The van der Waals surface area contributed by atoms with Crippen molar-refractivity contribution in [2.45, 2.75) is 13.0 Å². The molecule has 2 heterocycles. The SMILES string of the molecule is Cc1ccc(C2CN=C(N3CCOCC3)N2)cc1. The third kappa shape index (κ3) is 2.34. The Balaban J connectivity index is 1.64. The lowest BCUT2D eigenvalue weighted by Crippen LogP contribution is -2.45. The number of nitrogens with zero attached hydrogens (tertiary/aromatic N) is 2. The minimum atomic E-state index is 0.323. The fourth-order valence-electron chi connectivity index (χ4n) is 2.38. The molecule has 0 aromatic heterocycles. The molecule has 1 aromatic carbocycles. The zero-order valence-electron chi connectivity index (χ0n) is 10.7. The number of aliphatic imine (C=N–C) groups is 1. The number of benzene rings is 1. The van der Waals surface area contributed by atoms with Gasteiger partial charge in [-0.25, -0.2) is 0 Å². The molecule has 1 atom stereocenters. The van der Waals surface area contributed by atoms with E-state index >= 15 is 0 Å². The van der Waals surface area contributed by atoms with Crippen LogP contribution in [-0.4, -0.2) is 43.7 Å². The number of ether oxygens (including phenoxy) is 1. The van der Waals surface area contributed by atoms with Gasteiger partial charge in [-0.1, -0.05) is 29.8 Å². The van der Waals surface area contributed by atoms with E-state index in [0.29, 0.717) is 6.04 Å². The maximum Gasteiger partial charge on any atom is 0.194 e. The van der Waals surface area contributed by atoms with E-state index in [1.165, 1.54) is 11.1 Å². The third-order valence-electron chi connectivity index (χ3n) is 3.52. The molecule has 18 heavy (non-hydrogen) atoms. The van der Waals surface area contributed by atoms with Crippen molar-refractivity contribution >= 4 is 5.96 Å². The number of morpholine rings is 1. The quantitative estimate of drug-likeness (QED) is 0.811. The predicted octanol–water partition coefficient (Wildman–Crippen LogP) is 1.33. The molecule has 0 aliphatic carbocycles. The van der Waals surface area contributed by atoms with Crippen LogP contribution >= 0.6 is 0 Å². The zero-order valence-corrected chi connectivity index (χ0v) is 10.7. The number of hydrogen-bond donors (Lipinski definition) is 1. The zero-order chi connectivity index (χ0) is 12.4. The van der Waals surface area contributed by atoms with Crippen molar-refractivity contribution in [1.29, 1.82) is 0 Å². The highest BCUT2D eigenvalue weighted by molar-refractivity contribution is 5.82. The van der Waals surface area contributed by atoms with Crippen LogP contribution in [0.1, 0.15) is 17.2 Å². The van der Waals surface area contributed by atoms with Gasteiger partial charge in [-0.05, 0) is 12.5 Å². The first-order chi connectivity index (χ1) is 8.83. The first kappa shape index (κ1) is 11.5. The molecule has 0 bridgehead atoms. The number of nitrogens with one attached hydrogen (secondary N) is 1. The lowest BCUT2D eigenvalue weighted by atomic mass is 10.1. The van der Waals surface area contributed by atoms with Gasteiger partial charge >= 0.3 is 0 Å². The minimum absolute atomic E-state index is 0.323. The number of rotatable bonds is 1. The molecule has 0 spiro atoms. The summed E-state index contributed by atoms with van der Waals surface area (Å²) >= 11 is 0. The molecule has 2 aliphatic rings. The van der Waals surface area contributed by atoms with Gasteiger partial charge in [-0.2, -0.15) is 0 Å². The van der Waals surface area contributed by atoms with Gasteiger partial charge in [0.25, 0.3) is 0 Å². The lowest BCUT2D eigenvalue weighted by Gasteiger charge is -2.29. The number of aryl methyl sites for hydroxylation is 1. The van der Waals surface area contributed by atoms with Crippen molar-refractivity contribution in [2.75, 3.05) is 32.8 Å². The molecule has 1 unspecified atom stereocenters. The topological polar surface area (TPSA) is 36.9 Å². The molecule has 0 saturated carbocycles. The molecule has 1 fully saturated rings. The summed E-state index contributed by atoms with van der Waals surface area (Å²) in [6.45, 7) is 6.42. The Morgan fingerprint density at radius 1 is 1.22 bits per heavy atom. The van der Waals surface area contributed by atoms with Crippen molar-refractivity contribution in [2.24, 2.45) is 4.99 Å². The van der Waals surface area contributed by atoms with Crippen molar-refractivity contribution in [3.05, 3.63) is 35.4 Å². The number of guanidine groups is 1. The average molecular weight is 245 g/mol. The highest BCUT2D eigenvalue weighted by atomic mass is 16.5. The van der Waals surface area contributed by atoms with Crippen LogP contribution in [-0.2, 0) is 4.74 Å². The van der Waals surface area contributed by atoms with Crippen LogP contribution < -0.4 is 5.32 Å². The van der Waals surface area contributed by atoms with Crippen LogP contribution in [0.4, 0.5) is 0 Å². The molecule has 3 rings (SSSR count). The van der Waals surface area contributed by atoms with Gasteiger partial charge in [0.2, 0.25) is 0 Å². The highest BCUT2D eigenvalue weighted by Gasteiger charge is 2.24. The highest BCUT2D eigenvalue weighted by Crippen LogP contribution is 2.19. The lowest BCUT2D eigenvalue weighted by molar-refractivity contribution is 0.0668. The Morgan fingerprint density at radius 3 is 2.67 bits per heavy atom. The molecule has 1 N–H and O–H groups in total. The van der Waals surface area contributed by atoms with Gasteiger partial charge in [-0.3, -0.25) is 4.99 Å². The first-order valence-corrected chi connectivity index (χ1v) is 6.53. The fourth-order valence-corrected chi connectivity index (χ4v) is 2.38. The maximum absolute atomic E-state index is 5.36. The molecule has 4 heteroatoms. The standard InChI is InChI=1S/C14H19N3O/c1-11-2-4-12(5-3-11)13-10-15-14(16-13)17-6-8-18-9-7-17/h2-5,13H,6-10H2,1H3,(H,15,16). The largest absolute Gasteiger partial charge is 0.378 e. The van der Waals surface area contributed by atoms with E-state index in [0.717, 1.165) is 38.8 Å². The van der Waals surface area contributed by atoms with Crippen LogP contribution in [0.25, 0.3) is 0 Å². The van der Waals surface area contributed by atoms with E-state index in [1.807, 2.05) is 0 Å². The summed E-state index contributed by atoms with van der Waals surface area (Å²) in [6, 6.07) is 9.01. The maximum atomic E-state index is 5.36. The smallest absolute Gasteiger partial charge is 0.194 e. The second kappa shape index (κ2) is 4.98. The van der Waals surface area contributed by atoms with Gasteiger partial charge < -0.3 is 15.0 Å². The van der Waals surface area contributed by atoms with Crippen molar-refractivity contribution in [1.82, 2.24) is 10.2 Å². The summed E-state index contributed by atoms with van der Waals surface area (Å²) in [7, 11) is 0. The second-order valence-electron chi connectivity index (χ2n) is 4.87. The molecule has 4 nitrogen and oxygen atoms in total. The van der Waals surface area contributed by atoms with Crippen LogP contribution in [0.5, 0.6) is 0 Å². The molecule has 0 radical (unpaired) electrons. The second-order valence-corrected chi connectivity index (χ2v) is 4.87. The molecule has 96 valence electrons. The van der Waals surface area contributed by atoms with Gasteiger partial charge in [0.15, 0.2) is 5.96 Å². The summed E-state index contributed by atoms with van der Waals surface area (Å²) in [5, 5.41) is 3.52. The minimum Gasteiger partial charge on any atom is -0.378 e. The predicted molar refractivity (Wildman–Crippen MR) is 71.7 cm³/mol. The van der Waals surface area contributed by atoms with Crippen LogP contribution in [0, 0.1) is 6.92 Å². The summed E-state index contributed by atoms with van der Waals surface area (Å²) < 4.78 is 5.36. The summed E-state index contributed by atoms with van der Waals surface area (Å²) in [5.41, 5.74) is 2.61. The van der Waals surface area contributed by atoms with Gasteiger partial charge in [0, 0.05) is 13.1 Å². The van der Waals surface area contributed by atoms with Gasteiger partial charge in [0.1, 0.15) is 0 Å². The van der Waals surface area contributed by atoms with E-state index < -0.39 is 0 Å². The molecule has 1 aromatic rings. The van der Waals surface area contributed by atoms with Crippen LogP contribution in [0.3, 0.4) is 0 Å². The third-order valence-corrected chi connectivity index (χ3v) is 3.52. The Kier molecular flexibility index (Phi) is 3.19. The Morgan fingerprint density at radius 2 is 1.94 bits per heavy atom. The van der Waals surface area contributed by atoms with Gasteiger partial charge in [0.05, 0.1) is 25.8 Å². The average Bonchev–Trinajstić information content (AvgIpc) is 2.90. The Labute approximate surface area is 108 Å². The van der Waals surface area contributed by atoms with E-state index in [1.54, 1.807) is 0 Å². The normalized spacial score (nSPS) is 23.7. The molecular weight excluding hydrogens is 226 g/mol. The summed E-state index contributed by atoms with van der Waals surface area (Å²) in [6.07, 6.45) is 0.